The molecule has 1 fully saturated rings. The van der Waals surface area contributed by atoms with Crippen molar-refractivity contribution >= 4 is 45.8 Å². The summed E-state index contributed by atoms with van der Waals surface area (Å²) in [7, 11) is -1.19. The highest BCUT2D eigenvalue weighted by Crippen LogP contribution is 2.33. The predicted octanol–water partition coefficient (Wildman–Crippen LogP) is 5.66. The van der Waals surface area contributed by atoms with E-state index in [0.717, 1.165) is 23.2 Å². The molecular weight excluding hydrogens is 539 g/mol. The SMILES string of the molecule is Cc1ccc(N2CCN(C(=O)[C@H](N)Cc3ccc(Cl)cc3Cl)CC2)c([C@H](CC(C)C)N[S@@](=O)C(C)(C)C)c1. The first-order chi connectivity index (χ1) is 17.8. The van der Waals surface area contributed by atoms with Crippen molar-refractivity contribution in [2.24, 2.45) is 11.7 Å². The number of anilines is 1. The van der Waals surface area contributed by atoms with Crippen LogP contribution in [-0.4, -0.2) is 52.0 Å². The van der Waals surface area contributed by atoms with Crippen molar-refractivity contribution in [1.82, 2.24) is 9.62 Å². The quantitative estimate of drug-likeness (QED) is 0.401. The first-order valence-corrected chi connectivity index (χ1v) is 15.2. The molecule has 1 amide bonds. The highest BCUT2D eigenvalue weighted by molar-refractivity contribution is 7.84. The molecule has 38 heavy (non-hydrogen) atoms. The van der Waals surface area contributed by atoms with Gasteiger partial charge >= 0.3 is 0 Å². The minimum absolute atomic E-state index is 0.0397. The number of halogens is 2. The van der Waals surface area contributed by atoms with E-state index in [9.17, 15) is 9.00 Å². The normalized spacial score (nSPS) is 17.0. The number of piperazine rings is 1. The van der Waals surface area contributed by atoms with Crippen LogP contribution in [0.5, 0.6) is 0 Å². The van der Waals surface area contributed by atoms with E-state index in [1.807, 2.05) is 31.7 Å². The topological polar surface area (TPSA) is 78.7 Å². The molecule has 6 nitrogen and oxygen atoms in total. The third-order valence-corrected chi connectivity index (χ3v) is 8.97. The number of benzene rings is 2. The van der Waals surface area contributed by atoms with Gasteiger partial charge in [-0.3, -0.25) is 4.79 Å². The van der Waals surface area contributed by atoms with Crippen LogP contribution in [0, 0.1) is 12.8 Å². The lowest BCUT2D eigenvalue weighted by atomic mass is 9.94. The van der Waals surface area contributed by atoms with Crippen molar-refractivity contribution in [3.63, 3.8) is 0 Å². The van der Waals surface area contributed by atoms with Crippen LogP contribution in [-0.2, 0) is 22.2 Å². The highest BCUT2D eigenvalue weighted by Gasteiger charge is 2.30. The Morgan fingerprint density at radius 2 is 1.74 bits per heavy atom. The molecule has 0 radical (unpaired) electrons. The smallest absolute Gasteiger partial charge is 0.239 e. The van der Waals surface area contributed by atoms with Gasteiger partial charge in [0.15, 0.2) is 0 Å². The molecule has 0 aromatic heterocycles. The second-order valence-electron chi connectivity index (χ2n) is 11.6. The summed E-state index contributed by atoms with van der Waals surface area (Å²) < 4.78 is 16.1. The molecule has 2 aromatic rings. The Morgan fingerprint density at radius 3 is 2.32 bits per heavy atom. The number of nitrogens with two attached hydrogens (primary N) is 1. The number of aryl methyl sites for hydroxylation is 1. The van der Waals surface area contributed by atoms with Gasteiger partial charge in [0.2, 0.25) is 5.91 Å². The minimum Gasteiger partial charge on any atom is -0.368 e. The Hall–Kier alpha value is -1.64. The van der Waals surface area contributed by atoms with Crippen molar-refractivity contribution in [3.05, 3.63) is 63.1 Å². The molecule has 1 saturated heterocycles. The number of carbonyl (C=O) groups is 1. The van der Waals surface area contributed by atoms with Crippen molar-refractivity contribution in [2.45, 2.75) is 71.2 Å². The van der Waals surface area contributed by atoms with Crippen LogP contribution >= 0.6 is 23.2 Å². The molecule has 0 aliphatic carbocycles. The number of nitrogens with one attached hydrogen (secondary N) is 1. The van der Waals surface area contributed by atoms with Gasteiger partial charge in [0, 0.05) is 48.0 Å². The maximum Gasteiger partial charge on any atom is 0.239 e. The van der Waals surface area contributed by atoms with Crippen LogP contribution in [0.2, 0.25) is 10.0 Å². The van der Waals surface area contributed by atoms with Gasteiger partial charge in [0.05, 0.1) is 21.8 Å². The molecule has 1 heterocycles. The maximum absolute atomic E-state index is 13.1. The van der Waals surface area contributed by atoms with Gasteiger partial charge in [-0.05, 0) is 75.8 Å². The summed E-state index contributed by atoms with van der Waals surface area (Å²) in [4.78, 5) is 17.3. The summed E-state index contributed by atoms with van der Waals surface area (Å²) >= 11 is 12.3. The van der Waals surface area contributed by atoms with Gasteiger partial charge in [-0.25, -0.2) is 8.93 Å². The molecule has 1 aliphatic heterocycles. The van der Waals surface area contributed by atoms with Crippen molar-refractivity contribution in [2.75, 3.05) is 31.1 Å². The molecule has 9 heteroatoms. The Morgan fingerprint density at radius 1 is 1.08 bits per heavy atom. The molecule has 210 valence electrons. The van der Waals surface area contributed by atoms with E-state index in [2.05, 4.69) is 48.6 Å². The number of amides is 1. The standard InChI is InChI=1S/C29H42Cl2N4O2S/c1-19(2)15-26(33-38(37)29(4,5)6)23-16-20(3)7-10-27(23)34-11-13-35(14-12-34)28(36)25(32)17-21-8-9-22(30)18-24(21)31/h7-10,16,18-19,25-26,33H,11-15,17,32H2,1-6H3/t25-,26+,38+/m1/s1. The summed E-state index contributed by atoms with van der Waals surface area (Å²) in [5.74, 6) is 0.364. The fourth-order valence-electron chi connectivity index (χ4n) is 4.67. The first kappa shape index (κ1) is 30.9. The second-order valence-corrected chi connectivity index (χ2v) is 14.4. The van der Waals surface area contributed by atoms with Gasteiger partial charge in [0.1, 0.15) is 0 Å². The van der Waals surface area contributed by atoms with E-state index >= 15 is 0 Å². The lowest BCUT2D eigenvalue weighted by molar-refractivity contribution is -0.132. The second kappa shape index (κ2) is 13.1. The number of rotatable bonds is 9. The fourth-order valence-corrected chi connectivity index (χ4v) is 5.99. The zero-order valence-electron chi connectivity index (χ0n) is 23.4. The van der Waals surface area contributed by atoms with Crippen molar-refractivity contribution < 1.29 is 9.00 Å². The van der Waals surface area contributed by atoms with Gasteiger partial charge in [-0.1, -0.05) is 60.8 Å². The molecular formula is C29H42Cl2N4O2S. The van der Waals surface area contributed by atoms with Crippen molar-refractivity contribution in [1.29, 1.82) is 0 Å². The van der Waals surface area contributed by atoms with Crippen LogP contribution in [0.3, 0.4) is 0 Å². The van der Waals surface area contributed by atoms with Crippen LogP contribution in [0.4, 0.5) is 5.69 Å². The molecule has 0 spiro atoms. The number of hydrogen-bond acceptors (Lipinski definition) is 4. The third kappa shape index (κ3) is 8.18. The fraction of sp³-hybridized carbons (Fsp3) is 0.552. The molecule has 3 rings (SSSR count). The third-order valence-electron chi connectivity index (χ3n) is 6.78. The Kier molecular flexibility index (Phi) is 10.7. The van der Waals surface area contributed by atoms with E-state index in [0.29, 0.717) is 48.6 Å². The number of nitrogens with zero attached hydrogens (tertiary/aromatic N) is 2. The van der Waals surface area contributed by atoms with Crippen molar-refractivity contribution in [3.8, 4) is 0 Å². The van der Waals surface area contributed by atoms with Crippen LogP contribution in [0.15, 0.2) is 36.4 Å². The molecule has 0 bridgehead atoms. The Labute approximate surface area is 240 Å². The summed E-state index contributed by atoms with van der Waals surface area (Å²) in [5, 5.41) is 1.08. The Balaban J connectivity index is 1.73. The highest BCUT2D eigenvalue weighted by atomic mass is 35.5. The minimum atomic E-state index is -1.19. The average Bonchev–Trinajstić information content (AvgIpc) is 2.84. The molecule has 3 N–H and O–H groups in total. The van der Waals surface area contributed by atoms with E-state index in [-0.39, 0.29) is 16.7 Å². The van der Waals surface area contributed by atoms with Gasteiger partial charge in [-0.2, -0.15) is 0 Å². The van der Waals surface area contributed by atoms with Gasteiger partial charge in [0.25, 0.3) is 0 Å². The molecule has 0 unspecified atom stereocenters. The van der Waals surface area contributed by atoms with E-state index < -0.39 is 17.0 Å². The number of hydrogen-bond donors (Lipinski definition) is 2. The van der Waals surface area contributed by atoms with E-state index in [1.54, 1.807) is 12.1 Å². The zero-order chi connectivity index (χ0) is 28.2. The van der Waals surface area contributed by atoms with Gasteiger partial charge in [-0.15, -0.1) is 0 Å². The zero-order valence-corrected chi connectivity index (χ0v) is 25.7. The summed E-state index contributed by atoms with van der Waals surface area (Å²) in [6.07, 6.45) is 1.24. The summed E-state index contributed by atoms with van der Waals surface area (Å²) in [6.45, 7) is 15.0. The summed E-state index contributed by atoms with van der Waals surface area (Å²) in [5.41, 5.74) is 10.6. The van der Waals surface area contributed by atoms with Crippen LogP contribution in [0.1, 0.15) is 63.8 Å². The first-order valence-electron chi connectivity index (χ1n) is 13.3. The monoisotopic (exact) mass is 580 g/mol. The van der Waals surface area contributed by atoms with E-state index in [4.69, 9.17) is 28.9 Å². The lowest BCUT2D eigenvalue weighted by Gasteiger charge is -2.39. The Bertz CT molecular complexity index is 1140. The summed E-state index contributed by atoms with van der Waals surface area (Å²) in [6, 6.07) is 11.0. The molecule has 3 atom stereocenters. The largest absolute Gasteiger partial charge is 0.368 e. The van der Waals surface area contributed by atoms with E-state index in [1.165, 1.54) is 5.56 Å². The number of carbonyl (C=O) groups excluding carboxylic acids is 1. The van der Waals surface area contributed by atoms with Gasteiger partial charge < -0.3 is 15.5 Å². The maximum atomic E-state index is 13.1. The molecule has 2 aromatic carbocycles. The average molecular weight is 582 g/mol. The predicted molar refractivity (Wildman–Crippen MR) is 161 cm³/mol. The van der Waals surface area contributed by atoms with Crippen LogP contribution in [0.25, 0.3) is 0 Å². The lowest BCUT2D eigenvalue weighted by Crippen LogP contribution is -2.54. The molecule has 1 aliphatic rings. The van der Waals surface area contributed by atoms with Crippen LogP contribution < -0.4 is 15.4 Å². The molecule has 0 saturated carbocycles.